The maximum atomic E-state index is 12.2. The van der Waals surface area contributed by atoms with Crippen LogP contribution in [-0.2, 0) is 27.2 Å². The van der Waals surface area contributed by atoms with Gasteiger partial charge in [0.1, 0.15) is 23.3 Å². The zero-order valence-corrected chi connectivity index (χ0v) is 17.0. The molecule has 0 amide bonds. The van der Waals surface area contributed by atoms with Crippen molar-refractivity contribution in [3.8, 4) is 28.2 Å². The first-order valence-electron chi connectivity index (χ1n) is 9.78. The maximum Gasteiger partial charge on any atom is 0.348 e. The Kier molecular flexibility index (Phi) is 4.92. The van der Waals surface area contributed by atoms with E-state index in [0.29, 0.717) is 52.6 Å². The zero-order chi connectivity index (χ0) is 19.8. The summed E-state index contributed by atoms with van der Waals surface area (Å²) < 4.78 is 24.5. The number of ether oxygens (including phenoxy) is 4. The normalized spacial score (nSPS) is 21.9. The topological polar surface area (TPSA) is 71.8 Å². The lowest BCUT2D eigenvalue weighted by Gasteiger charge is -2.32. The summed E-state index contributed by atoms with van der Waals surface area (Å²) in [7, 11) is 0. The highest BCUT2D eigenvalue weighted by molar-refractivity contribution is 7.16. The molecule has 0 bridgehead atoms. The average molecular weight is 414 g/mol. The van der Waals surface area contributed by atoms with Gasteiger partial charge < -0.3 is 18.9 Å². The van der Waals surface area contributed by atoms with Crippen molar-refractivity contribution in [3.05, 3.63) is 33.2 Å². The third kappa shape index (κ3) is 3.60. The number of aromatic nitrogens is 2. The quantitative estimate of drug-likeness (QED) is 0.712. The summed E-state index contributed by atoms with van der Waals surface area (Å²) >= 11 is 1.58. The van der Waals surface area contributed by atoms with Gasteiger partial charge in [0.2, 0.25) is 0 Å². The van der Waals surface area contributed by atoms with E-state index < -0.39 is 0 Å². The van der Waals surface area contributed by atoms with Gasteiger partial charge in [0.15, 0.2) is 0 Å². The van der Waals surface area contributed by atoms with E-state index in [1.807, 2.05) is 6.07 Å². The Morgan fingerprint density at radius 2 is 2.28 bits per heavy atom. The molecule has 2 fully saturated rings. The van der Waals surface area contributed by atoms with Gasteiger partial charge in [0.25, 0.3) is 0 Å². The minimum atomic E-state index is -0.219. The molecule has 7 nitrogen and oxygen atoms in total. The second-order valence-corrected chi connectivity index (χ2v) is 8.79. The van der Waals surface area contributed by atoms with Crippen LogP contribution in [0.5, 0.6) is 5.75 Å². The molecule has 3 aliphatic heterocycles. The van der Waals surface area contributed by atoms with E-state index >= 15 is 0 Å². The summed E-state index contributed by atoms with van der Waals surface area (Å²) in [5, 5.41) is 0. The number of hydrogen-bond donors (Lipinski definition) is 0. The Labute approximate surface area is 172 Å². The molecule has 2 saturated heterocycles. The predicted octanol–water partition coefficient (Wildman–Crippen LogP) is 1.71. The summed E-state index contributed by atoms with van der Waals surface area (Å²) in [5.74, 6) is 7.50. The lowest BCUT2D eigenvalue weighted by molar-refractivity contribution is -0.101. The van der Waals surface area contributed by atoms with E-state index in [9.17, 15) is 4.79 Å². The summed E-state index contributed by atoms with van der Waals surface area (Å²) in [6.45, 7) is 6.16. The van der Waals surface area contributed by atoms with Crippen LogP contribution < -0.4 is 10.4 Å². The van der Waals surface area contributed by atoms with Crippen molar-refractivity contribution >= 4 is 11.3 Å². The van der Waals surface area contributed by atoms with Gasteiger partial charge in [0.05, 0.1) is 49.0 Å². The van der Waals surface area contributed by atoms with Gasteiger partial charge in [-0.2, -0.15) is 0 Å². The Morgan fingerprint density at radius 1 is 1.38 bits per heavy atom. The first-order chi connectivity index (χ1) is 14.1. The third-order valence-electron chi connectivity index (χ3n) is 5.33. The average Bonchev–Trinajstić information content (AvgIpc) is 3.08. The van der Waals surface area contributed by atoms with E-state index in [-0.39, 0.29) is 17.2 Å². The molecule has 0 aliphatic carbocycles. The summed E-state index contributed by atoms with van der Waals surface area (Å²) in [6.07, 6.45) is 2.19. The first-order valence-corrected chi connectivity index (χ1v) is 10.6. The molecular formula is C21H22N2O5S. The van der Waals surface area contributed by atoms with E-state index in [2.05, 4.69) is 23.7 Å². The van der Waals surface area contributed by atoms with Crippen molar-refractivity contribution in [1.82, 2.24) is 9.55 Å². The molecule has 8 heteroatoms. The third-order valence-corrected chi connectivity index (χ3v) is 6.48. The molecule has 3 aliphatic rings. The minimum absolute atomic E-state index is 0.0830. The SMILES string of the molecule is CC1(C#Cc2sc3c(c2OCC2COCCO2)CCn2c-3ccnc2=O)COC1. The van der Waals surface area contributed by atoms with Crippen LogP contribution in [0.3, 0.4) is 0 Å². The molecule has 0 radical (unpaired) electrons. The molecule has 0 N–H and O–H groups in total. The lowest BCUT2D eigenvalue weighted by atomic mass is 9.89. The molecule has 1 unspecified atom stereocenters. The summed E-state index contributed by atoms with van der Waals surface area (Å²) in [4.78, 5) is 18.0. The lowest BCUT2D eigenvalue weighted by Crippen LogP contribution is -2.38. The van der Waals surface area contributed by atoms with Gasteiger partial charge in [-0.05, 0) is 19.4 Å². The van der Waals surface area contributed by atoms with Gasteiger partial charge in [-0.1, -0.05) is 11.8 Å². The van der Waals surface area contributed by atoms with Crippen LogP contribution >= 0.6 is 11.3 Å². The molecule has 0 saturated carbocycles. The Morgan fingerprint density at radius 3 is 3.03 bits per heavy atom. The van der Waals surface area contributed by atoms with Crippen LogP contribution in [0, 0.1) is 17.3 Å². The molecule has 1 atom stereocenters. The van der Waals surface area contributed by atoms with E-state index in [1.165, 1.54) is 0 Å². The van der Waals surface area contributed by atoms with E-state index in [0.717, 1.165) is 26.8 Å². The van der Waals surface area contributed by atoms with Crippen molar-refractivity contribution in [1.29, 1.82) is 0 Å². The Balaban J connectivity index is 1.51. The van der Waals surface area contributed by atoms with Crippen LogP contribution in [0.4, 0.5) is 0 Å². The Hall–Kier alpha value is -2.18. The fourth-order valence-electron chi connectivity index (χ4n) is 3.69. The van der Waals surface area contributed by atoms with Gasteiger partial charge in [-0.3, -0.25) is 4.57 Å². The molecule has 0 aromatic carbocycles. The predicted molar refractivity (Wildman–Crippen MR) is 107 cm³/mol. The Bertz CT molecular complexity index is 1040. The first kappa shape index (κ1) is 18.8. The molecule has 5 rings (SSSR count). The number of nitrogens with zero attached hydrogens (tertiary/aromatic N) is 2. The molecule has 5 heterocycles. The summed E-state index contributed by atoms with van der Waals surface area (Å²) in [6, 6.07) is 1.88. The molecule has 152 valence electrons. The maximum absolute atomic E-state index is 12.2. The smallest absolute Gasteiger partial charge is 0.348 e. The number of fused-ring (bicyclic) bond motifs is 3. The monoisotopic (exact) mass is 414 g/mol. The molecule has 0 spiro atoms. The number of rotatable bonds is 3. The highest BCUT2D eigenvalue weighted by Gasteiger charge is 2.32. The summed E-state index contributed by atoms with van der Waals surface area (Å²) in [5.41, 5.74) is 1.66. The van der Waals surface area contributed by atoms with Crippen LogP contribution in [0.1, 0.15) is 17.4 Å². The van der Waals surface area contributed by atoms with E-state index in [1.54, 1.807) is 22.1 Å². The molecule has 2 aromatic rings. The van der Waals surface area contributed by atoms with Gasteiger partial charge >= 0.3 is 5.69 Å². The fourth-order valence-corrected chi connectivity index (χ4v) is 4.87. The highest BCUT2D eigenvalue weighted by Crippen LogP contribution is 2.44. The second-order valence-electron chi connectivity index (χ2n) is 7.76. The molecule has 29 heavy (non-hydrogen) atoms. The van der Waals surface area contributed by atoms with Crippen molar-refractivity contribution < 1.29 is 18.9 Å². The number of hydrogen-bond acceptors (Lipinski definition) is 7. The minimum Gasteiger partial charge on any atom is -0.488 e. The standard InChI is InChI=1S/C21H22N2O5S/c1-21(12-26-13-21)5-2-17-18(28-11-14-10-25-8-9-27-14)15-4-7-23-16(19(15)29-17)3-6-22-20(23)24/h3,6,14H,4,7-13H2,1H3. The van der Waals surface area contributed by atoms with Crippen LogP contribution in [0.2, 0.25) is 0 Å². The second kappa shape index (κ2) is 7.58. The van der Waals surface area contributed by atoms with Crippen molar-refractivity contribution in [3.63, 3.8) is 0 Å². The van der Waals surface area contributed by atoms with Crippen molar-refractivity contribution in [2.75, 3.05) is 39.6 Å². The molecule has 2 aromatic heterocycles. The van der Waals surface area contributed by atoms with Crippen molar-refractivity contribution in [2.45, 2.75) is 26.0 Å². The van der Waals surface area contributed by atoms with Crippen LogP contribution in [0.25, 0.3) is 10.6 Å². The number of thiophene rings is 1. The van der Waals surface area contributed by atoms with Crippen LogP contribution in [-0.4, -0.2) is 55.3 Å². The van der Waals surface area contributed by atoms with Gasteiger partial charge in [-0.25, -0.2) is 9.78 Å². The largest absolute Gasteiger partial charge is 0.488 e. The van der Waals surface area contributed by atoms with Crippen molar-refractivity contribution in [2.24, 2.45) is 5.41 Å². The zero-order valence-electron chi connectivity index (χ0n) is 16.2. The van der Waals surface area contributed by atoms with E-state index in [4.69, 9.17) is 18.9 Å². The highest BCUT2D eigenvalue weighted by atomic mass is 32.1. The van der Waals surface area contributed by atoms with Crippen LogP contribution in [0.15, 0.2) is 17.1 Å². The van der Waals surface area contributed by atoms with Gasteiger partial charge in [0, 0.05) is 18.3 Å². The van der Waals surface area contributed by atoms with Gasteiger partial charge in [-0.15, -0.1) is 11.3 Å². The molecular weight excluding hydrogens is 392 g/mol. The fraction of sp³-hybridized carbons (Fsp3) is 0.524.